The highest BCUT2D eigenvalue weighted by molar-refractivity contribution is 5.66. The Bertz CT molecular complexity index is 964. The molecule has 0 heterocycles. The number of unbranched alkanes of at least 4 members (excludes halogenated alkanes) is 3. The van der Waals surface area contributed by atoms with Crippen molar-refractivity contribution < 1.29 is 19.7 Å². The zero-order valence-corrected chi connectivity index (χ0v) is 22.3. The molecule has 4 nitrogen and oxygen atoms in total. The molecule has 2 aromatic carbocycles. The van der Waals surface area contributed by atoms with Crippen LogP contribution in [-0.2, 0) is 16.1 Å². The van der Waals surface area contributed by atoms with E-state index in [1.54, 1.807) is 0 Å². The third-order valence-electron chi connectivity index (χ3n) is 7.36. The van der Waals surface area contributed by atoms with E-state index < -0.39 is 5.97 Å². The Labute approximate surface area is 223 Å². The van der Waals surface area contributed by atoms with Gasteiger partial charge in [0.1, 0.15) is 0 Å². The van der Waals surface area contributed by atoms with E-state index in [-0.39, 0.29) is 18.6 Å². The molecule has 1 aliphatic carbocycles. The van der Waals surface area contributed by atoms with Crippen molar-refractivity contribution in [2.75, 3.05) is 0 Å². The number of aliphatic carboxylic acids is 1. The van der Waals surface area contributed by atoms with Crippen LogP contribution in [0, 0.1) is 11.8 Å². The minimum atomic E-state index is -0.739. The van der Waals surface area contributed by atoms with Gasteiger partial charge in [-0.15, -0.1) is 0 Å². The molecule has 0 unspecified atom stereocenters. The summed E-state index contributed by atoms with van der Waals surface area (Å²) in [6.45, 7) is 2.77. The largest absolute Gasteiger partial charge is 0.481 e. The predicted molar refractivity (Wildman–Crippen MR) is 151 cm³/mol. The topological polar surface area (TPSA) is 66.8 Å². The summed E-state index contributed by atoms with van der Waals surface area (Å²) in [5.74, 6) is 0.00510. The molecule has 3 rings (SSSR count). The van der Waals surface area contributed by atoms with Gasteiger partial charge in [-0.2, -0.15) is 0 Å². The minimum Gasteiger partial charge on any atom is -0.481 e. The highest BCUT2D eigenvalue weighted by Gasteiger charge is 2.34. The number of benzene rings is 2. The first-order chi connectivity index (χ1) is 18.1. The lowest BCUT2D eigenvalue weighted by Gasteiger charge is -2.23. The van der Waals surface area contributed by atoms with Gasteiger partial charge in [-0.05, 0) is 67.1 Å². The van der Waals surface area contributed by atoms with Crippen molar-refractivity contribution >= 4 is 5.97 Å². The molecular weight excluding hydrogens is 460 g/mol. The van der Waals surface area contributed by atoms with Gasteiger partial charge in [0.2, 0.25) is 0 Å². The van der Waals surface area contributed by atoms with E-state index in [4.69, 9.17) is 9.84 Å². The van der Waals surface area contributed by atoms with Gasteiger partial charge in [0.05, 0.1) is 18.8 Å². The van der Waals surface area contributed by atoms with Gasteiger partial charge in [0, 0.05) is 6.42 Å². The lowest BCUT2D eigenvalue weighted by Crippen LogP contribution is -2.21. The fraction of sp³-hybridized carbons (Fsp3) is 0.485. The lowest BCUT2D eigenvalue weighted by molar-refractivity contribution is -0.137. The lowest BCUT2D eigenvalue weighted by atomic mass is 9.90. The summed E-state index contributed by atoms with van der Waals surface area (Å²) in [7, 11) is 0. The molecule has 0 amide bonds. The molecule has 0 radical (unpaired) electrons. The van der Waals surface area contributed by atoms with Gasteiger partial charge in [0.15, 0.2) is 0 Å². The number of hydrogen-bond acceptors (Lipinski definition) is 3. The Morgan fingerprint density at radius 3 is 2.49 bits per heavy atom. The summed E-state index contributed by atoms with van der Waals surface area (Å²) in [5, 5.41) is 19.2. The van der Waals surface area contributed by atoms with Crippen LogP contribution in [0.3, 0.4) is 0 Å². The smallest absolute Gasteiger partial charge is 0.303 e. The second kappa shape index (κ2) is 16.2. The van der Waals surface area contributed by atoms with E-state index in [1.807, 2.05) is 12.1 Å². The van der Waals surface area contributed by atoms with Crippen molar-refractivity contribution in [3.05, 3.63) is 84.5 Å². The minimum absolute atomic E-state index is 0.171. The van der Waals surface area contributed by atoms with Crippen LogP contribution in [-0.4, -0.2) is 28.4 Å². The summed E-state index contributed by atoms with van der Waals surface area (Å²) in [5.41, 5.74) is 3.60. The predicted octanol–water partition coefficient (Wildman–Crippen LogP) is 7.96. The van der Waals surface area contributed by atoms with Crippen molar-refractivity contribution in [1.29, 1.82) is 0 Å². The Morgan fingerprint density at radius 1 is 1.00 bits per heavy atom. The van der Waals surface area contributed by atoms with E-state index in [9.17, 15) is 9.90 Å². The van der Waals surface area contributed by atoms with Gasteiger partial charge in [0.25, 0.3) is 0 Å². The molecule has 4 atom stereocenters. The fourth-order valence-corrected chi connectivity index (χ4v) is 5.17. The molecular formula is C33H44O4. The zero-order chi connectivity index (χ0) is 26.3. The van der Waals surface area contributed by atoms with E-state index >= 15 is 0 Å². The normalized spacial score (nSPS) is 20.6. The molecule has 1 fully saturated rings. The monoisotopic (exact) mass is 504 g/mol. The van der Waals surface area contributed by atoms with Crippen LogP contribution in [0.2, 0.25) is 0 Å². The van der Waals surface area contributed by atoms with Crippen molar-refractivity contribution in [3.8, 4) is 11.1 Å². The van der Waals surface area contributed by atoms with E-state index in [2.05, 4.69) is 73.7 Å². The molecule has 0 saturated heterocycles. The average molecular weight is 505 g/mol. The summed E-state index contributed by atoms with van der Waals surface area (Å²) < 4.78 is 6.47. The average Bonchev–Trinajstić information content (AvgIpc) is 3.30. The summed E-state index contributed by atoms with van der Waals surface area (Å²) >= 11 is 0. The number of aliphatic hydroxyl groups excluding tert-OH is 1. The number of hydrogen-bond donors (Lipinski definition) is 2. The van der Waals surface area contributed by atoms with E-state index in [0.29, 0.717) is 24.9 Å². The van der Waals surface area contributed by atoms with Gasteiger partial charge < -0.3 is 14.9 Å². The number of carboxylic acid groups (broad SMARTS) is 1. The standard InChI is InChI=1S/C33H44O4/c1-2-3-7-14-30(34)23-21-29-22-24-32(31(29)15-10-4-5-11-16-33(35)36)37-25-26-17-19-28(20-18-26)27-12-8-6-9-13-27/h4,6,8-10,12-13,17-21,23,29-32,34H,2-3,5,7,11,14-16,22,24-25H2,1H3,(H,35,36)/b10-4-,23-21+/t29-,30+,31+,32-/m0/s1. The molecule has 0 aliphatic heterocycles. The highest BCUT2D eigenvalue weighted by atomic mass is 16.5. The van der Waals surface area contributed by atoms with Crippen molar-refractivity contribution in [2.45, 2.75) is 89.9 Å². The first-order valence-corrected chi connectivity index (χ1v) is 14.1. The van der Waals surface area contributed by atoms with Crippen LogP contribution >= 0.6 is 0 Å². The van der Waals surface area contributed by atoms with Crippen LogP contribution in [0.5, 0.6) is 0 Å². The fourth-order valence-electron chi connectivity index (χ4n) is 5.17. The summed E-state index contributed by atoms with van der Waals surface area (Å²) in [4.78, 5) is 10.7. The van der Waals surface area contributed by atoms with Gasteiger partial charge in [-0.3, -0.25) is 4.79 Å². The molecule has 0 spiro atoms. The first-order valence-electron chi connectivity index (χ1n) is 14.1. The number of carbonyl (C=O) groups is 1. The molecule has 1 saturated carbocycles. The Morgan fingerprint density at radius 2 is 1.76 bits per heavy atom. The second-order valence-corrected chi connectivity index (χ2v) is 10.3. The second-order valence-electron chi connectivity index (χ2n) is 10.3. The molecule has 200 valence electrons. The van der Waals surface area contributed by atoms with Crippen LogP contribution in [0.25, 0.3) is 11.1 Å². The third kappa shape index (κ3) is 10.3. The molecule has 1 aliphatic rings. The van der Waals surface area contributed by atoms with Gasteiger partial charge in [-0.1, -0.05) is 105 Å². The molecule has 0 aromatic heterocycles. The van der Waals surface area contributed by atoms with Crippen molar-refractivity contribution in [3.63, 3.8) is 0 Å². The van der Waals surface area contributed by atoms with Crippen LogP contribution in [0.4, 0.5) is 0 Å². The third-order valence-corrected chi connectivity index (χ3v) is 7.36. The molecule has 2 aromatic rings. The van der Waals surface area contributed by atoms with Crippen molar-refractivity contribution in [2.24, 2.45) is 11.8 Å². The molecule has 0 bridgehead atoms. The van der Waals surface area contributed by atoms with Crippen LogP contribution in [0.15, 0.2) is 78.9 Å². The van der Waals surface area contributed by atoms with Gasteiger partial charge in [-0.25, -0.2) is 0 Å². The number of carboxylic acids is 1. The zero-order valence-electron chi connectivity index (χ0n) is 22.3. The quantitative estimate of drug-likeness (QED) is 0.180. The maximum atomic E-state index is 10.7. The van der Waals surface area contributed by atoms with E-state index in [0.717, 1.165) is 51.4 Å². The van der Waals surface area contributed by atoms with Crippen molar-refractivity contribution in [1.82, 2.24) is 0 Å². The maximum absolute atomic E-state index is 10.7. The van der Waals surface area contributed by atoms with Crippen LogP contribution < -0.4 is 0 Å². The number of allylic oxidation sites excluding steroid dienone is 3. The Hall–Kier alpha value is -2.69. The highest BCUT2D eigenvalue weighted by Crippen LogP contribution is 2.38. The molecule has 2 N–H and O–H groups in total. The van der Waals surface area contributed by atoms with Gasteiger partial charge >= 0.3 is 5.97 Å². The summed E-state index contributed by atoms with van der Waals surface area (Å²) in [6.07, 6.45) is 17.2. The van der Waals surface area contributed by atoms with E-state index in [1.165, 1.54) is 16.7 Å². The number of rotatable bonds is 16. The molecule has 4 heteroatoms. The SMILES string of the molecule is CCCCC[C@@H](O)/C=C/[C@H]1CC[C@H](OCc2ccc(-c3ccccc3)cc2)[C@@H]1C/C=C\CCCC(=O)O. The number of ether oxygens (including phenoxy) is 1. The maximum Gasteiger partial charge on any atom is 0.303 e. The Balaban J connectivity index is 1.57. The van der Waals surface area contributed by atoms with Crippen LogP contribution in [0.1, 0.15) is 76.7 Å². The Kier molecular flexibility index (Phi) is 12.7. The first kappa shape index (κ1) is 28.9. The molecule has 37 heavy (non-hydrogen) atoms. The number of aliphatic hydroxyl groups is 1. The summed E-state index contributed by atoms with van der Waals surface area (Å²) in [6, 6.07) is 19.0.